The lowest BCUT2D eigenvalue weighted by Gasteiger charge is -2.13. The Kier molecular flexibility index (Phi) is 5.44. The van der Waals surface area contributed by atoms with Gasteiger partial charge in [0.1, 0.15) is 22.3 Å². The lowest BCUT2D eigenvalue weighted by Crippen LogP contribution is -2.17. The van der Waals surface area contributed by atoms with Crippen LogP contribution in [0.2, 0.25) is 0 Å². The molecule has 1 heterocycles. The van der Waals surface area contributed by atoms with Gasteiger partial charge in [0.25, 0.3) is 0 Å². The highest BCUT2D eigenvalue weighted by atomic mass is 32.2. The quantitative estimate of drug-likeness (QED) is 0.462. The van der Waals surface area contributed by atoms with Crippen LogP contribution >= 0.6 is 11.3 Å². The van der Waals surface area contributed by atoms with Crippen molar-refractivity contribution >= 4 is 21.2 Å². The third-order valence-electron chi connectivity index (χ3n) is 4.07. The van der Waals surface area contributed by atoms with Gasteiger partial charge in [-0.2, -0.15) is 11.3 Å². The number of ether oxygens (including phenoxy) is 1. The first-order valence-electron chi connectivity index (χ1n) is 7.99. The smallest absolute Gasteiger partial charge is 0.405 e. The van der Waals surface area contributed by atoms with E-state index in [2.05, 4.69) is 4.74 Å². The Morgan fingerprint density at radius 1 is 0.931 bits per heavy atom. The molecule has 0 saturated carbocycles. The summed E-state index contributed by atoms with van der Waals surface area (Å²) in [6.45, 7) is 1.45. The Labute approximate surface area is 167 Å². The van der Waals surface area contributed by atoms with Crippen molar-refractivity contribution in [2.75, 3.05) is 6.26 Å². The van der Waals surface area contributed by atoms with Crippen molar-refractivity contribution in [3.63, 3.8) is 0 Å². The van der Waals surface area contributed by atoms with Gasteiger partial charge in [-0.15, -0.1) is 13.2 Å². The Hall–Kier alpha value is -2.46. The van der Waals surface area contributed by atoms with Crippen molar-refractivity contribution in [3.05, 3.63) is 58.3 Å². The molecule has 0 saturated heterocycles. The molecule has 2 aromatic carbocycles. The summed E-state index contributed by atoms with van der Waals surface area (Å²) in [5.74, 6) is -2.88. The molecule has 0 fully saturated rings. The maximum atomic E-state index is 14.3. The van der Waals surface area contributed by atoms with Crippen molar-refractivity contribution in [2.24, 2.45) is 0 Å². The molecule has 0 amide bonds. The number of alkyl halides is 3. The van der Waals surface area contributed by atoms with E-state index in [0.29, 0.717) is 22.9 Å². The van der Waals surface area contributed by atoms with E-state index in [0.717, 1.165) is 12.1 Å². The van der Waals surface area contributed by atoms with Gasteiger partial charge in [0.15, 0.2) is 9.84 Å². The van der Waals surface area contributed by atoms with E-state index in [4.69, 9.17) is 0 Å². The summed E-state index contributed by atoms with van der Waals surface area (Å²) in [7, 11) is -4.11. The van der Waals surface area contributed by atoms with E-state index in [1.165, 1.54) is 30.4 Å². The number of halogens is 5. The van der Waals surface area contributed by atoms with Gasteiger partial charge in [0.05, 0.1) is 0 Å². The molecule has 0 radical (unpaired) electrons. The Bertz CT molecular complexity index is 1160. The maximum Gasteiger partial charge on any atom is 0.573 e. The summed E-state index contributed by atoms with van der Waals surface area (Å²) in [6, 6.07) is 5.94. The summed E-state index contributed by atoms with van der Waals surface area (Å²) in [6.07, 6.45) is -4.17. The molecule has 0 spiro atoms. The number of sulfone groups is 1. The second-order valence-corrected chi connectivity index (χ2v) is 8.96. The molecule has 3 rings (SSSR count). The van der Waals surface area contributed by atoms with Gasteiger partial charge >= 0.3 is 6.36 Å². The average molecular weight is 448 g/mol. The van der Waals surface area contributed by atoms with E-state index in [9.17, 15) is 30.4 Å². The molecule has 29 heavy (non-hydrogen) atoms. The number of thiophene rings is 1. The first-order chi connectivity index (χ1) is 13.4. The number of hydrogen-bond acceptors (Lipinski definition) is 4. The van der Waals surface area contributed by atoms with E-state index in [1.807, 2.05) is 0 Å². The Morgan fingerprint density at radius 2 is 1.48 bits per heavy atom. The molecule has 0 N–H and O–H groups in total. The number of hydrogen-bond donors (Lipinski definition) is 0. The van der Waals surface area contributed by atoms with E-state index < -0.39 is 38.5 Å². The van der Waals surface area contributed by atoms with Gasteiger partial charge in [-0.25, -0.2) is 17.2 Å². The third kappa shape index (κ3) is 4.59. The van der Waals surface area contributed by atoms with Crippen LogP contribution in [-0.2, 0) is 9.84 Å². The van der Waals surface area contributed by atoms with Crippen LogP contribution in [0.15, 0.2) is 46.0 Å². The molecule has 0 unspecified atom stereocenters. The Morgan fingerprint density at radius 3 is 2.00 bits per heavy atom. The molecule has 3 aromatic rings. The summed E-state index contributed by atoms with van der Waals surface area (Å²) in [4.78, 5) is -1.03. The molecule has 0 bridgehead atoms. The first-order valence-corrected chi connectivity index (χ1v) is 10.8. The lowest BCUT2D eigenvalue weighted by atomic mass is 9.98. The van der Waals surface area contributed by atoms with Crippen LogP contribution in [0.25, 0.3) is 22.3 Å². The molecule has 0 aliphatic heterocycles. The average Bonchev–Trinajstić information content (AvgIpc) is 3.03. The van der Waals surface area contributed by atoms with Crippen LogP contribution in [-0.4, -0.2) is 21.0 Å². The fourth-order valence-electron chi connectivity index (χ4n) is 2.82. The molecule has 0 aliphatic carbocycles. The van der Waals surface area contributed by atoms with E-state index in [-0.39, 0.29) is 11.1 Å². The van der Waals surface area contributed by atoms with Crippen molar-refractivity contribution in [1.29, 1.82) is 0 Å². The largest absolute Gasteiger partial charge is 0.573 e. The monoisotopic (exact) mass is 448 g/mol. The highest BCUT2D eigenvalue weighted by Crippen LogP contribution is 2.39. The van der Waals surface area contributed by atoms with Crippen molar-refractivity contribution in [3.8, 4) is 28.0 Å². The highest BCUT2D eigenvalue weighted by molar-refractivity contribution is 7.90. The molecule has 0 aliphatic rings. The first kappa shape index (κ1) is 21.3. The van der Waals surface area contributed by atoms with E-state index >= 15 is 0 Å². The molecule has 10 heteroatoms. The topological polar surface area (TPSA) is 43.4 Å². The summed E-state index contributed by atoms with van der Waals surface area (Å²) in [5, 5.41) is 3.17. The molecular weight excluding hydrogens is 435 g/mol. The molecular formula is C19H13F5O3S2. The van der Waals surface area contributed by atoms with Gasteiger partial charge in [-0.3, -0.25) is 0 Å². The van der Waals surface area contributed by atoms with Gasteiger partial charge in [0.2, 0.25) is 0 Å². The standard InChI is InChI=1S/C19H13F5O3S2/c1-10-3-4-11(7-17(10)27-19(22,23)24)13-8-28-9-14(13)12-5-15(20)18(16(21)6-12)29(2,25)26/h3-9H,1-2H3. The van der Waals surface area contributed by atoms with Gasteiger partial charge in [0, 0.05) is 17.4 Å². The highest BCUT2D eigenvalue weighted by Gasteiger charge is 2.32. The fourth-order valence-corrected chi connectivity index (χ4v) is 4.51. The van der Waals surface area contributed by atoms with Crippen LogP contribution in [0, 0.1) is 18.6 Å². The third-order valence-corrected chi connectivity index (χ3v) is 5.94. The number of benzene rings is 2. The minimum absolute atomic E-state index is 0.0579. The van der Waals surface area contributed by atoms with Gasteiger partial charge in [-0.1, -0.05) is 12.1 Å². The van der Waals surface area contributed by atoms with Gasteiger partial charge in [-0.05, 0) is 52.6 Å². The number of aryl methyl sites for hydroxylation is 1. The predicted molar refractivity (Wildman–Crippen MR) is 99.6 cm³/mol. The van der Waals surface area contributed by atoms with Crippen LogP contribution in [0.4, 0.5) is 22.0 Å². The van der Waals surface area contributed by atoms with Crippen LogP contribution in [0.3, 0.4) is 0 Å². The molecule has 0 atom stereocenters. The maximum absolute atomic E-state index is 14.3. The predicted octanol–water partition coefficient (Wildman–Crippen LogP) is 5.97. The molecule has 154 valence electrons. The summed E-state index contributed by atoms with van der Waals surface area (Å²) in [5.41, 5.74) is 1.43. The summed E-state index contributed by atoms with van der Waals surface area (Å²) < 4.78 is 93.5. The second-order valence-electron chi connectivity index (χ2n) is 6.27. The molecule has 3 nitrogen and oxygen atoms in total. The van der Waals surface area contributed by atoms with Crippen LogP contribution in [0.5, 0.6) is 5.75 Å². The second kappa shape index (κ2) is 7.42. The normalized spacial score (nSPS) is 12.2. The number of rotatable bonds is 4. The zero-order valence-electron chi connectivity index (χ0n) is 15.0. The van der Waals surface area contributed by atoms with E-state index in [1.54, 1.807) is 16.8 Å². The zero-order valence-corrected chi connectivity index (χ0v) is 16.6. The van der Waals surface area contributed by atoms with Crippen LogP contribution < -0.4 is 4.74 Å². The van der Waals surface area contributed by atoms with Crippen molar-refractivity contribution < 1.29 is 35.1 Å². The molecule has 1 aromatic heterocycles. The minimum atomic E-state index is -4.87. The van der Waals surface area contributed by atoms with Crippen molar-refractivity contribution in [1.82, 2.24) is 0 Å². The minimum Gasteiger partial charge on any atom is -0.405 e. The SMILES string of the molecule is Cc1ccc(-c2cscc2-c2cc(F)c(S(C)(=O)=O)c(F)c2)cc1OC(F)(F)F. The fraction of sp³-hybridized carbons (Fsp3) is 0.158. The zero-order chi connectivity index (χ0) is 21.6. The van der Waals surface area contributed by atoms with Crippen LogP contribution in [0.1, 0.15) is 5.56 Å². The lowest BCUT2D eigenvalue weighted by molar-refractivity contribution is -0.274. The Balaban J connectivity index is 2.11. The summed E-state index contributed by atoms with van der Waals surface area (Å²) >= 11 is 1.17. The van der Waals surface area contributed by atoms with Crippen molar-refractivity contribution in [2.45, 2.75) is 18.2 Å². The van der Waals surface area contributed by atoms with Gasteiger partial charge < -0.3 is 4.74 Å².